The van der Waals surface area contributed by atoms with Gasteiger partial charge in [-0.05, 0) is 30.7 Å². The highest BCUT2D eigenvalue weighted by molar-refractivity contribution is 5.54. The monoisotopic (exact) mass is 341 g/mol. The highest BCUT2D eigenvalue weighted by atomic mass is 15.3. The van der Waals surface area contributed by atoms with Gasteiger partial charge in [-0.25, -0.2) is 0 Å². The van der Waals surface area contributed by atoms with Crippen LogP contribution >= 0.6 is 0 Å². The van der Waals surface area contributed by atoms with Crippen molar-refractivity contribution in [3.05, 3.63) is 35.7 Å². The number of nitrogens with one attached hydrogen (secondary N) is 1. The molecule has 0 bridgehead atoms. The summed E-state index contributed by atoms with van der Waals surface area (Å²) in [4.78, 5) is 17.9. The molecule has 1 aliphatic heterocycles. The number of aromatic nitrogens is 3. The van der Waals surface area contributed by atoms with Crippen molar-refractivity contribution in [3.8, 4) is 0 Å². The van der Waals surface area contributed by atoms with Crippen molar-refractivity contribution >= 4 is 17.6 Å². The molecule has 2 heterocycles. The number of anilines is 3. The SMILES string of the molecule is CCc1ccc(Nc2nc(N)nc(CN3CCN(CC)CC3)n2)cc1. The summed E-state index contributed by atoms with van der Waals surface area (Å²) in [5.74, 6) is 1.47. The van der Waals surface area contributed by atoms with Gasteiger partial charge in [0.05, 0.1) is 6.54 Å². The average Bonchev–Trinajstić information content (AvgIpc) is 2.62. The highest BCUT2D eigenvalue weighted by Gasteiger charge is 2.17. The Morgan fingerprint density at radius 1 is 0.960 bits per heavy atom. The summed E-state index contributed by atoms with van der Waals surface area (Å²) in [6, 6.07) is 8.26. The molecule has 134 valence electrons. The number of hydrogen-bond donors (Lipinski definition) is 2. The van der Waals surface area contributed by atoms with Gasteiger partial charge < -0.3 is 16.0 Å². The Labute approximate surface area is 149 Å². The minimum atomic E-state index is 0.255. The zero-order chi connectivity index (χ0) is 17.6. The van der Waals surface area contributed by atoms with E-state index in [-0.39, 0.29) is 5.95 Å². The van der Waals surface area contributed by atoms with Crippen LogP contribution in [0, 0.1) is 0 Å². The lowest BCUT2D eigenvalue weighted by Crippen LogP contribution is -2.45. The van der Waals surface area contributed by atoms with Gasteiger partial charge in [-0.15, -0.1) is 0 Å². The number of nitrogens with zero attached hydrogens (tertiary/aromatic N) is 5. The normalized spacial score (nSPS) is 16.1. The van der Waals surface area contributed by atoms with Gasteiger partial charge in [0.2, 0.25) is 11.9 Å². The van der Waals surface area contributed by atoms with E-state index in [1.807, 2.05) is 12.1 Å². The molecule has 0 unspecified atom stereocenters. The van der Waals surface area contributed by atoms with E-state index in [1.165, 1.54) is 5.56 Å². The summed E-state index contributed by atoms with van der Waals surface area (Å²) in [5, 5.41) is 3.22. The van der Waals surface area contributed by atoms with Crippen molar-refractivity contribution in [2.75, 3.05) is 43.8 Å². The Bertz CT molecular complexity index is 678. The fourth-order valence-electron chi connectivity index (χ4n) is 2.98. The topological polar surface area (TPSA) is 83.2 Å². The van der Waals surface area contributed by atoms with Gasteiger partial charge in [0, 0.05) is 31.9 Å². The molecule has 7 nitrogen and oxygen atoms in total. The summed E-state index contributed by atoms with van der Waals surface area (Å²) in [7, 11) is 0. The van der Waals surface area contributed by atoms with Crippen molar-refractivity contribution in [1.82, 2.24) is 24.8 Å². The fraction of sp³-hybridized carbons (Fsp3) is 0.500. The van der Waals surface area contributed by atoms with Crippen LogP contribution in [-0.2, 0) is 13.0 Å². The molecule has 0 aliphatic carbocycles. The first-order valence-electron chi connectivity index (χ1n) is 8.97. The third-order valence-corrected chi connectivity index (χ3v) is 4.59. The first-order chi connectivity index (χ1) is 12.2. The number of piperazine rings is 1. The molecule has 0 spiro atoms. The van der Waals surface area contributed by atoms with E-state index in [0.717, 1.165) is 44.8 Å². The Kier molecular flexibility index (Phi) is 5.78. The molecule has 0 atom stereocenters. The quantitative estimate of drug-likeness (QED) is 0.830. The lowest BCUT2D eigenvalue weighted by molar-refractivity contribution is 0.129. The maximum atomic E-state index is 5.88. The lowest BCUT2D eigenvalue weighted by Gasteiger charge is -2.33. The van der Waals surface area contributed by atoms with Crippen molar-refractivity contribution in [2.24, 2.45) is 0 Å². The number of hydrogen-bond acceptors (Lipinski definition) is 7. The van der Waals surface area contributed by atoms with Crippen LogP contribution in [0.5, 0.6) is 0 Å². The maximum Gasteiger partial charge on any atom is 0.232 e. The second-order valence-corrected chi connectivity index (χ2v) is 6.32. The summed E-state index contributed by atoms with van der Waals surface area (Å²) < 4.78 is 0. The Morgan fingerprint density at radius 2 is 1.64 bits per heavy atom. The second kappa shape index (κ2) is 8.22. The average molecular weight is 341 g/mol. The molecule has 2 aromatic rings. The molecular weight excluding hydrogens is 314 g/mol. The molecule has 7 heteroatoms. The molecule has 3 rings (SSSR count). The largest absolute Gasteiger partial charge is 0.368 e. The van der Waals surface area contributed by atoms with E-state index < -0.39 is 0 Å². The standard InChI is InChI=1S/C18H27N7/c1-3-14-5-7-15(8-6-14)20-18-22-16(21-17(19)23-18)13-25-11-9-24(4-2)10-12-25/h5-8H,3-4,9-13H2,1-2H3,(H3,19,20,21,22,23). The third-order valence-electron chi connectivity index (χ3n) is 4.59. The van der Waals surface area contributed by atoms with Crippen molar-refractivity contribution < 1.29 is 0 Å². The van der Waals surface area contributed by atoms with Crippen LogP contribution < -0.4 is 11.1 Å². The highest BCUT2D eigenvalue weighted by Crippen LogP contribution is 2.15. The molecule has 1 aliphatic rings. The van der Waals surface area contributed by atoms with E-state index in [9.17, 15) is 0 Å². The van der Waals surface area contributed by atoms with E-state index in [4.69, 9.17) is 5.73 Å². The minimum absolute atomic E-state index is 0.255. The third kappa shape index (κ3) is 4.87. The predicted molar refractivity (Wildman–Crippen MR) is 101 cm³/mol. The zero-order valence-corrected chi connectivity index (χ0v) is 15.1. The summed E-state index contributed by atoms with van der Waals surface area (Å²) >= 11 is 0. The Morgan fingerprint density at radius 3 is 2.28 bits per heavy atom. The molecule has 1 fully saturated rings. The van der Waals surface area contributed by atoms with Crippen LogP contribution in [0.2, 0.25) is 0 Å². The molecule has 1 saturated heterocycles. The number of rotatable bonds is 6. The lowest BCUT2D eigenvalue weighted by atomic mass is 10.1. The number of aryl methyl sites for hydroxylation is 1. The van der Waals surface area contributed by atoms with Gasteiger partial charge in [0.25, 0.3) is 0 Å². The first kappa shape index (κ1) is 17.6. The van der Waals surface area contributed by atoms with Crippen LogP contribution in [0.1, 0.15) is 25.2 Å². The van der Waals surface area contributed by atoms with Crippen LogP contribution in [0.4, 0.5) is 17.6 Å². The van der Waals surface area contributed by atoms with Crippen molar-refractivity contribution in [3.63, 3.8) is 0 Å². The summed E-state index contributed by atoms with van der Waals surface area (Å²) in [5.41, 5.74) is 8.13. The Hall–Kier alpha value is -2.25. The van der Waals surface area contributed by atoms with Crippen LogP contribution in [-0.4, -0.2) is 57.5 Å². The summed E-state index contributed by atoms with van der Waals surface area (Å²) in [6.07, 6.45) is 1.02. The summed E-state index contributed by atoms with van der Waals surface area (Å²) in [6.45, 7) is 10.4. The molecule has 0 radical (unpaired) electrons. The molecule has 0 amide bonds. The smallest absolute Gasteiger partial charge is 0.232 e. The van der Waals surface area contributed by atoms with E-state index in [0.29, 0.717) is 18.3 Å². The van der Waals surface area contributed by atoms with Gasteiger partial charge >= 0.3 is 0 Å². The minimum Gasteiger partial charge on any atom is -0.368 e. The predicted octanol–water partition coefficient (Wildman–Crippen LogP) is 1.90. The number of likely N-dealkylation sites (N-methyl/N-ethyl adjacent to an activating group) is 1. The van der Waals surface area contributed by atoms with Gasteiger partial charge in [-0.2, -0.15) is 15.0 Å². The number of benzene rings is 1. The van der Waals surface area contributed by atoms with Crippen LogP contribution in [0.3, 0.4) is 0 Å². The molecule has 3 N–H and O–H groups in total. The van der Waals surface area contributed by atoms with Gasteiger partial charge in [-0.3, -0.25) is 4.90 Å². The molecule has 1 aromatic heterocycles. The van der Waals surface area contributed by atoms with E-state index in [1.54, 1.807) is 0 Å². The van der Waals surface area contributed by atoms with Gasteiger partial charge in [0.15, 0.2) is 0 Å². The van der Waals surface area contributed by atoms with Crippen molar-refractivity contribution in [1.29, 1.82) is 0 Å². The number of nitrogens with two attached hydrogens (primary N) is 1. The molecular formula is C18H27N7. The Balaban J connectivity index is 1.65. The fourth-order valence-corrected chi connectivity index (χ4v) is 2.98. The van der Waals surface area contributed by atoms with Gasteiger partial charge in [-0.1, -0.05) is 26.0 Å². The second-order valence-electron chi connectivity index (χ2n) is 6.32. The van der Waals surface area contributed by atoms with Crippen LogP contribution in [0.25, 0.3) is 0 Å². The van der Waals surface area contributed by atoms with E-state index in [2.05, 4.69) is 56.0 Å². The van der Waals surface area contributed by atoms with Gasteiger partial charge in [0.1, 0.15) is 5.82 Å². The van der Waals surface area contributed by atoms with Crippen LogP contribution in [0.15, 0.2) is 24.3 Å². The maximum absolute atomic E-state index is 5.88. The first-order valence-corrected chi connectivity index (χ1v) is 8.97. The van der Waals surface area contributed by atoms with Crippen molar-refractivity contribution in [2.45, 2.75) is 26.8 Å². The zero-order valence-electron chi connectivity index (χ0n) is 15.1. The molecule has 1 aromatic carbocycles. The number of nitrogen functional groups attached to an aromatic ring is 1. The van der Waals surface area contributed by atoms with E-state index >= 15 is 0 Å². The molecule has 25 heavy (non-hydrogen) atoms. The molecule has 0 saturated carbocycles.